The number of benzene rings is 2. The topological polar surface area (TPSA) is 139 Å². The van der Waals surface area contributed by atoms with Gasteiger partial charge in [-0.25, -0.2) is 18.7 Å². The minimum absolute atomic E-state index is 0.0180. The highest BCUT2D eigenvalue weighted by atomic mass is 19.1. The second-order valence-corrected chi connectivity index (χ2v) is 10.5. The highest BCUT2D eigenvalue weighted by Gasteiger charge is 2.34. The number of nitrogens with zero attached hydrogens (tertiary/aromatic N) is 3. The van der Waals surface area contributed by atoms with Gasteiger partial charge in [-0.1, -0.05) is 6.07 Å². The minimum atomic E-state index is -0.878. The van der Waals surface area contributed by atoms with Gasteiger partial charge in [-0.15, -0.1) is 0 Å². The summed E-state index contributed by atoms with van der Waals surface area (Å²) in [4.78, 5) is 35.9. The lowest BCUT2D eigenvalue weighted by Gasteiger charge is -2.19. The summed E-state index contributed by atoms with van der Waals surface area (Å²) in [6.07, 6.45) is 2.26. The fraction of sp³-hybridized carbons (Fsp3) is 0.300. The van der Waals surface area contributed by atoms with Crippen LogP contribution >= 0.6 is 0 Å². The SMILES string of the molecule is COc1ccc(CN2Cc3nc(-c4c(F)cccc4F)nc(N/C(C=N)=C/NCC(=O)OC(C)(C)C)c3C2=O)c(OC)c1. The van der Waals surface area contributed by atoms with Gasteiger partial charge in [-0.05, 0) is 45.0 Å². The van der Waals surface area contributed by atoms with Crippen molar-refractivity contribution in [2.24, 2.45) is 0 Å². The molecule has 43 heavy (non-hydrogen) atoms. The van der Waals surface area contributed by atoms with Crippen LogP contribution in [-0.4, -0.2) is 59.3 Å². The average molecular weight is 595 g/mol. The predicted molar refractivity (Wildman–Crippen MR) is 155 cm³/mol. The van der Waals surface area contributed by atoms with Gasteiger partial charge in [-0.2, -0.15) is 0 Å². The van der Waals surface area contributed by atoms with E-state index in [9.17, 15) is 18.4 Å². The number of hydrogen-bond donors (Lipinski definition) is 3. The number of amides is 1. The summed E-state index contributed by atoms with van der Waals surface area (Å²) in [7, 11) is 3.03. The third-order valence-electron chi connectivity index (χ3n) is 6.21. The summed E-state index contributed by atoms with van der Waals surface area (Å²) in [5.41, 5.74) is -0.0233. The first-order chi connectivity index (χ1) is 20.4. The molecule has 0 saturated carbocycles. The number of esters is 1. The van der Waals surface area contributed by atoms with Gasteiger partial charge in [0.15, 0.2) is 5.82 Å². The highest BCUT2D eigenvalue weighted by molar-refractivity contribution is 6.03. The maximum atomic E-state index is 14.8. The molecule has 226 valence electrons. The minimum Gasteiger partial charge on any atom is -0.497 e. The van der Waals surface area contributed by atoms with Gasteiger partial charge in [0.05, 0.1) is 44.3 Å². The van der Waals surface area contributed by atoms with Gasteiger partial charge in [0.25, 0.3) is 5.91 Å². The van der Waals surface area contributed by atoms with Crippen LogP contribution < -0.4 is 20.1 Å². The highest BCUT2D eigenvalue weighted by Crippen LogP contribution is 2.34. The normalized spacial score (nSPS) is 13.0. The van der Waals surface area contributed by atoms with Gasteiger partial charge in [-0.3, -0.25) is 9.59 Å². The molecule has 0 spiro atoms. The van der Waals surface area contributed by atoms with E-state index in [0.717, 1.165) is 18.3 Å². The molecular weight excluding hydrogens is 562 g/mol. The first-order valence-corrected chi connectivity index (χ1v) is 13.2. The number of fused-ring (bicyclic) bond motifs is 1. The Morgan fingerprint density at radius 2 is 1.81 bits per heavy atom. The number of methoxy groups -OCH3 is 2. The Labute approximate surface area is 247 Å². The summed E-state index contributed by atoms with van der Waals surface area (Å²) < 4.78 is 45.5. The molecule has 0 unspecified atom stereocenters. The molecule has 0 saturated heterocycles. The first-order valence-electron chi connectivity index (χ1n) is 13.2. The molecule has 1 amide bonds. The Balaban J connectivity index is 1.69. The van der Waals surface area contributed by atoms with Crippen molar-refractivity contribution >= 4 is 23.9 Å². The molecule has 0 atom stereocenters. The van der Waals surface area contributed by atoms with Crippen LogP contribution in [0.5, 0.6) is 11.5 Å². The zero-order valence-corrected chi connectivity index (χ0v) is 24.4. The fourth-order valence-corrected chi connectivity index (χ4v) is 4.36. The number of rotatable bonds is 11. The Morgan fingerprint density at radius 1 is 1.09 bits per heavy atom. The van der Waals surface area contributed by atoms with Crippen molar-refractivity contribution in [1.82, 2.24) is 20.2 Å². The summed E-state index contributed by atoms with van der Waals surface area (Å²) in [6, 6.07) is 8.59. The Morgan fingerprint density at radius 3 is 2.44 bits per heavy atom. The first kappa shape index (κ1) is 30.9. The standard InChI is InChI=1S/C30H32F2N6O5/c1-30(2,3)43-24(39)14-34-13-18(12-33)35-28-26-22(36-27(37-28)25-20(31)7-6-8-21(25)32)16-38(29(26)40)15-17-9-10-19(41-4)11-23(17)42-5/h6-13,33-34H,14-16H2,1-5H3,(H,35,36,37)/b18-13+,33-12?. The molecule has 0 aliphatic carbocycles. The van der Waals surface area contributed by atoms with Crippen LogP contribution in [0, 0.1) is 17.0 Å². The lowest BCUT2D eigenvalue weighted by atomic mass is 10.1. The van der Waals surface area contributed by atoms with Gasteiger partial charge in [0, 0.05) is 24.0 Å². The molecule has 1 aromatic heterocycles. The quantitative estimate of drug-likeness (QED) is 0.217. The maximum Gasteiger partial charge on any atom is 0.325 e. The Hall–Kier alpha value is -5.07. The van der Waals surface area contributed by atoms with Crippen LogP contribution in [0.3, 0.4) is 0 Å². The van der Waals surface area contributed by atoms with E-state index in [1.54, 1.807) is 39.0 Å². The number of allylic oxidation sites excluding steroid dienone is 1. The molecule has 0 radical (unpaired) electrons. The Kier molecular flexibility index (Phi) is 9.22. The van der Waals surface area contributed by atoms with Gasteiger partial charge < -0.3 is 35.2 Å². The van der Waals surface area contributed by atoms with E-state index in [4.69, 9.17) is 19.6 Å². The summed E-state index contributed by atoms with van der Waals surface area (Å²) in [5.74, 6) is -1.97. The number of halogens is 2. The molecular formula is C30H32F2N6O5. The van der Waals surface area contributed by atoms with Crippen molar-refractivity contribution in [3.05, 3.63) is 76.8 Å². The zero-order valence-electron chi connectivity index (χ0n) is 24.4. The second kappa shape index (κ2) is 12.8. The smallest absolute Gasteiger partial charge is 0.325 e. The predicted octanol–water partition coefficient (Wildman–Crippen LogP) is 4.43. The van der Waals surface area contributed by atoms with Gasteiger partial charge >= 0.3 is 5.97 Å². The maximum absolute atomic E-state index is 14.8. The van der Waals surface area contributed by atoms with Crippen molar-refractivity contribution < 1.29 is 32.6 Å². The largest absolute Gasteiger partial charge is 0.497 e. The molecule has 1 aliphatic heterocycles. The van der Waals surface area contributed by atoms with Crippen LogP contribution in [-0.2, 0) is 22.6 Å². The third kappa shape index (κ3) is 7.23. The third-order valence-corrected chi connectivity index (χ3v) is 6.21. The molecule has 3 N–H and O–H groups in total. The lowest BCUT2D eigenvalue weighted by Crippen LogP contribution is -2.30. The molecule has 13 heteroatoms. The zero-order chi connectivity index (χ0) is 31.3. The van der Waals surface area contributed by atoms with Crippen molar-refractivity contribution in [2.45, 2.75) is 39.5 Å². The van der Waals surface area contributed by atoms with E-state index in [0.29, 0.717) is 17.1 Å². The van der Waals surface area contributed by atoms with E-state index >= 15 is 0 Å². The van der Waals surface area contributed by atoms with E-state index in [-0.39, 0.29) is 48.2 Å². The number of hydrogen-bond acceptors (Lipinski definition) is 10. The second-order valence-electron chi connectivity index (χ2n) is 10.5. The molecule has 0 bridgehead atoms. The van der Waals surface area contributed by atoms with E-state index in [1.165, 1.54) is 31.4 Å². The van der Waals surface area contributed by atoms with Gasteiger partial charge in [0.1, 0.15) is 46.7 Å². The molecule has 11 nitrogen and oxygen atoms in total. The average Bonchev–Trinajstić information content (AvgIpc) is 3.26. The lowest BCUT2D eigenvalue weighted by molar-refractivity contribution is -0.153. The van der Waals surface area contributed by atoms with Crippen LogP contribution in [0.15, 0.2) is 48.3 Å². The van der Waals surface area contributed by atoms with Crippen molar-refractivity contribution in [3.8, 4) is 22.9 Å². The number of carbonyl (C=O) groups is 2. The van der Waals surface area contributed by atoms with Gasteiger partial charge in [0.2, 0.25) is 0 Å². The molecule has 4 rings (SSSR count). The van der Waals surface area contributed by atoms with Crippen LogP contribution in [0.4, 0.5) is 14.6 Å². The molecule has 0 fully saturated rings. The van der Waals surface area contributed by atoms with E-state index in [2.05, 4.69) is 20.6 Å². The number of aromatic nitrogens is 2. The molecule has 1 aliphatic rings. The van der Waals surface area contributed by atoms with Crippen molar-refractivity contribution in [1.29, 1.82) is 5.41 Å². The van der Waals surface area contributed by atoms with Crippen LogP contribution in [0.25, 0.3) is 11.4 Å². The van der Waals surface area contributed by atoms with E-state index in [1.807, 2.05) is 0 Å². The summed E-state index contributed by atoms with van der Waals surface area (Å²) in [6.45, 7) is 5.17. The fourth-order valence-electron chi connectivity index (χ4n) is 4.36. The number of carbonyl (C=O) groups excluding carboxylic acids is 2. The van der Waals surface area contributed by atoms with Crippen molar-refractivity contribution in [2.75, 3.05) is 26.1 Å². The summed E-state index contributed by atoms with van der Waals surface area (Å²) >= 11 is 0. The summed E-state index contributed by atoms with van der Waals surface area (Å²) in [5, 5.41) is 13.5. The van der Waals surface area contributed by atoms with Crippen LogP contribution in [0.2, 0.25) is 0 Å². The van der Waals surface area contributed by atoms with E-state index < -0.39 is 34.7 Å². The monoisotopic (exact) mass is 594 g/mol. The molecule has 3 aromatic rings. The van der Waals surface area contributed by atoms with Crippen LogP contribution in [0.1, 0.15) is 42.4 Å². The number of nitrogens with one attached hydrogen (secondary N) is 3. The molecule has 2 heterocycles. The molecule has 2 aromatic carbocycles. The Bertz CT molecular complexity index is 1570. The van der Waals surface area contributed by atoms with Crippen molar-refractivity contribution in [3.63, 3.8) is 0 Å². The number of ether oxygens (including phenoxy) is 3. The number of anilines is 1.